The van der Waals surface area contributed by atoms with Crippen molar-refractivity contribution in [2.24, 2.45) is 11.3 Å². The molecule has 4 rings (SSSR count). The molecule has 0 aliphatic heterocycles. The Morgan fingerprint density at radius 1 is 1.31 bits per heavy atom. The molecule has 2 aromatic rings. The maximum Gasteiger partial charge on any atom is 0.226 e. The third-order valence-electron chi connectivity index (χ3n) is 5.76. The van der Waals surface area contributed by atoms with Crippen LogP contribution in [0.4, 0.5) is 4.39 Å². The van der Waals surface area contributed by atoms with E-state index in [1.54, 1.807) is 24.7 Å². The van der Waals surface area contributed by atoms with Crippen LogP contribution in [0.25, 0.3) is 0 Å². The molecule has 1 aromatic carbocycles. The van der Waals surface area contributed by atoms with E-state index in [-0.39, 0.29) is 23.2 Å². The van der Waals surface area contributed by atoms with Crippen LogP contribution in [0.5, 0.6) is 0 Å². The van der Waals surface area contributed by atoms with Gasteiger partial charge in [0.2, 0.25) is 5.91 Å². The zero-order valence-electron chi connectivity index (χ0n) is 14.6. The second kappa shape index (κ2) is 6.83. The third kappa shape index (κ3) is 3.65. The Morgan fingerprint density at radius 3 is 2.73 bits per heavy atom. The highest BCUT2D eigenvalue weighted by Crippen LogP contribution is 2.49. The molecule has 5 nitrogen and oxygen atoms in total. The molecule has 1 aromatic heterocycles. The molecule has 0 spiro atoms. The van der Waals surface area contributed by atoms with Crippen molar-refractivity contribution in [3.05, 3.63) is 54.4 Å². The van der Waals surface area contributed by atoms with Crippen molar-refractivity contribution < 1.29 is 14.3 Å². The zero-order chi connectivity index (χ0) is 18.1. The van der Waals surface area contributed by atoms with Crippen molar-refractivity contribution in [3.8, 4) is 0 Å². The molecule has 2 aliphatic carbocycles. The lowest BCUT2D eigenvalue weighted by molar-refractivity contribution is -0.127. The minimum Gasteiger partial charge on any atom is -0.391 e. The van der Waals surface area contributed by atoms with E-state index in [4.69, 9.17) is 0 Å². The summed E-state index contributed by atoms with van der Waals surface area (Å²) in [5.41, 5.74) is 0.587. The summed E-state index contributed by atoms with van der Waals surface area (Å²) in [4.78, 5) is 16.9. The van der Waals surface area contributed by atoms with Gasteiger partial charge in [0.05, 0.1) is 23.9 Å². The predicted octanol–water partition coefficient (Wildman–Crippen LogP) is 2.30. The van der Waals surface area contributed by atoms with Gasteiger partial charge in [-0.15, -0.1) is 0 Å². The number of hydrogen-bond acceptors (Lipinski definition) is 3. The van der Waals surface area contributed by atoms with Crippen LogP contribution in [0, 0.1) is 17.2 Å². The average Bonchev–Trinajstić information content (AvgIpc) is 3.06. The van der Waals surface area contributed by atoms with Crippen molar-refractivity contribution in [1.29, 1.82) is 0 Å². The topological polar surface area (TPSA) is 67.2 Å². The van der Waals surface area contributed by atoms with Crippen LogP contribution in [-0.4, -0.2) is 32.7 Å². The molecule has 0 radical (unpaired) electrons. The third-order valence-corrected chi connectivity index (χ3v) is 5.76. The molecule has 6 heteroatoms. The van der Waals surface area contributed by atoms with Crippen LogP contribution in [0.3, 0.4) is 0 Å². The Balaban J connectivity index is 1.34. The van der Waals surface area contributed by atoms with Crippen LogP contribution in [0.2, 0.25) is 0 Å². The van der Waals surface area contributed by atoms with Crippen molar-refractivity contribution in [2.45, 2.75) is 50.8 Å². The Hall–Kier alpha value is -2.21. The fraction of sp³-hybridized carbons (Fsp3) is 0.500. The fourth-order valence-corrected chi connectivity index (χ4v) is 4.06. The first-order valence-corrected chi connectivity index (χ1v) is 9.23. The molecule has 1 heterocycles. The van der Waals surface area contributed by atoms with E-state index in [1.165, 1.54) is 12.1 Å². The lowest BCUT2D eigenvalue weighted by Crippen LogP contribution is -2.44. The lowest BCUT2D eigenvalue weighted by Gasteiger charge is -2.21. The summed E-state index contributed by atoms with van der Waals surface area (Å²) in [7, 11) is 0. The zero-order valence-corrected chi connectivity index (χ0v) is 14.6. The molecule has 1 amide bonds. The molecule has 0 bridgehead atoms. The number of carbonyl (C=O) groups is 1. The first-order valence-electron chi connectivity index (χ1n) is 9.23. The standard InChI is InChI=1S/C20H24FN3O2/c21-16-3-1-14(2-4-16)11-20(5-6-20)19(26)23-17-9-15(10-18(17)25)12-24-8-7-22-13-24/h1-4,7-8,13,15,17-18,25H,5-6,9-12H2,(H,23,26)/t15?,17-,18-/m1/s1. The molecule has 2 N–H and O–H groups in total. The molecule has 2 fully saturated rings. The van der Waals surface area contributed by atoms with Crippen molar-refractivity contribution in [3.63, 3.8) is 0 Å². The summed E-state index contributed by atoms with van der Waals surface area (Å²) >= 11 is 0. The molecule has 0 saturated heterocycles. The number of rotatable bonds is 6. The molecular weight excluding hydrogens is 333 g/mol. The van der Waals surface area contributed by atoms with E-state index in [1.807, 2.05) is 10.8 Å². The predicted molar refractivity (Wildman–Crippen MR) is 94.7 cm³/mol. The van der Waals surface area contributed by atoms with Gasteiger partial charge in [0.15, 0.2) is 0 Å². The van der Waals surface area contributed by atoms with E-state index in [0.29, 0.717) is 18.8 Å². The maximum atomic E-state index is 13.1. The summed E-state index contributed by atoms with van der Waals surface area (Å²) < 4.78 is 15.1. The molecule has 2 saturated carbocycles. The van der Waals surface area contributed by atoms with Crippen molar-refractivity contribution in [1.82, 2.24) is 14.9 Å². The first kappa shape index (κ1) is 17.2. The molecular formula is C20H24FN3O2. The van der Waals surface area contributed by atoms with Gasteiger partial charge in [-0.2, -0.15) is 0 Å². The van der Waals surface area contributed by atoms with Gasteiger partial charge in [0.1, 0.15) is 5.82 Å². The van der Waals surface area contributed by atoms with Crippen LogP contribution >= 0.6 is 0 Å². The Bertz CT molecular complexity index is 756. The number of amides is 1. The molecule has 2 aliphatic rings. The number of nitrogens with zero attached hydrogens (tertiary/aromatic N) is 2. The van der Waals surface area contributed by atoms with Gasteiger partial charge in [-0.3, -0.25) is 4.79 Å². The van der Waals surface area contributed by atoms with Gasteiger partial charge in [-0.1, -0.05) is 12.1 Å². The number of hydrogen-bond donors (Lipinski definition) is 2. The summed E-state index contributed by atoms with van der Waals surface area (Å²) in [6.45, 7) is 0.810. The van der Waals surface area contributed by atoms with Crippen LogP contribution in [-0.2, 0) is 17.8 Å². The van der Waals surface area contributed by atoms with Crippen molar-refractivity contribution in [2.75, 3.05) is 0 Å². The van der Waals surface area contributed by atoms with E-state index in [9.17, 15) is 14.3 Å². The van der Waals surface area contributed by atoms with Gasteiger partial charge in [0.25, 0.3) is 0 Å². The minimum atomic E-state index is -0.505. The number of imidazole rings is 1. The quantitative estimate of drug-likeness (QED) is 0.834. The number of benzene rings is 1. The van der Waals surface area contributed by atoms with Gasteiger partial charge in [-0.05, 0) is 55.7 Å². The molecule has 26 heavy (non-hydrogen) atoms. The van der Waals surface area contributed by atoms with E-state index in [0.717, 1.165) is 31.4 Å². The molecule has 1 unspecified atom stereocenters. The Morgan fingerprint density at radius 2 is 2.08 bits per heavy atom. The summed E-state index contributed by atoms with van der Waals surface area (Å²) in [5.74, 6) is 0.0898. The van der Waals surface area contributed by atoms with Crippen LogP contribution in [0.15, 0.2) is 43.0 Å². The van der Waals surface area contributed by atoms with Gasteiger partial charge >= 0.3 is 0 Å². The summed E-state index contributed by atoms with van der Waals surface area (Å²) in [6.07, 6.45) is 8.72. The lowest BCUT2D eigenvalue weighted by atomic mass is 9.95. The largest absolute Gasteiger partial charge is 0.391 e. The van der Waals surface area contributed by atoms with E-state index >= 15 is 0 Å². The second-order valence-electron chi connectivity index (χ2n) is 7.83. The van der Waals surface area contributed by atoms with Gasteiger partial charge in [0, 0.05) is 18.9 Å². The Kier molecular flexibility index (Phi) is 4.53. The summed E-state index contributed by atoms with van der Waals surface area (Å²) in [5, 5.41) is 13.4. The molecule has 138 valence electrons. The minimum absolute atomic E-state index is 0.0224. The normalized spacial score (nSPS) is 26.6. The maximum absolute atomic E-state index is 13.1. The Labute approximate surface area is 152 Å². The second-order valence-corrected chi connectivity index (χ2v) is 7.83. The van der Waals surface area contributed by atoms with Gasteiger partial charge in [-0.25, -0.2) is 9.37 Å². The highest BCUT2D eigenvalue weighted by Gasteiger charge is 2.50. The first-order chi connectivity index (χ1) is 12.5. The highest BCUT2D eigenvalue weighted by atomic mass is 19.1. The fourth-order valence-electron chi connectivity index (χ4n) is 4.06. The number of aliphatic hydroxyl groups is 1. The number of nitrogens with one attached hydrogen (secondary N) is 1. The average molecular weight is 357 g/mol. The number of aliphatic hydroxyl groups excluding tert-OH is 1. The SMILES string of the molecule is O=C(N[C@@H]1CC(Cn2ccnc2)C[C@H]1O)C1(Cc2ccc(F)cc2)CC1. The number of aromatic nitrogens is 2. The van der Waals surface area contributed by atoms with E-state index < -0.39 is 6.10 Å². The van der Waals surface area contributed by atoms with Crippen LogP contribution in [0.1, 0.15) is 31.2 Å². The highest BCUT2D eigenvalue weighted by molar-refractivity contribution is 5.86. The molecule has 3 atom stereocenters. The smallest absolute Gasteiger partial charge is 0.226 e. The van der Waals surface area contributed by atoms with Crippen LogP contribution < -0.4 is 5.32 Å². The number of carbonyl (C=O) groups excluding carboxylic acids is 1. The number of halogens is 1. The van der Waals surface area contributed by atoms with E-state index in [2.05, 4.69) is 10.3 Å². The van der Waals surface area contributed by atoms with Gasteiger partial charge < -0.3 is 15.0 Å². The monoisotopic (exact) mass is 357 g/mol. The van der Waals surface area contributed by atoms with Crippen molar-refractivity contribution >= 4 is 5.91 Å². The summed E-state index contributed by atoms with van der Waals surface area (Å²) in [6, 6.07) is 6.17.